The van der Waals surface area contributed by atoms with Crippen LogP contribution >= 0.6 is 0 Å². The van der Waals surface area contributed by atoms with E-state index in [4.69, 9.17) is 14.3 Å². The molecule has 30 heavy (non-hydrogen) atoms. The number of amides is 2. The number of hydrogen-bond donors (Lipinski definition) is 1. The number of hydrogen-bond acceptors (Lipinski definition) is 5. The van der Waals surface area contributed by atoms with Crippen molar-refractivity contribution >= 4 is 20.6 Å². The number of rotatable bonds is 10. The first kappa shape index (κ1) is 25.1. The summed E-state index contributed by atoms with van der Waals surface area (Å²) in [5.74, 6) is 0.198. The van der Waals surface area contributed by atoms with E-state index >= 15 is 0 Å². The Hall–Kier alpha value is -1.12. The van der Waals surface area contributed by atoms with Crippen molar-refractivity contribution in [2.45, 2.75) is 102 Å². The zero-order chi connectivity index (χ0) is 22.6. The van der Waals surface area contributed by atoms with Crippen molar-refractivity contribution in [3.05, 3.63) is 0 Å². The van der Waals surface area contributed by atoms with Crippen LogP contribution in [0.5, 0.6) is 0 Å². The zero-order valence-corrected chi connectivity index (χ0v) is 21.0. The van der Waals surface area contributed by atoms with Gasteiger partial charge in [-0.1, -0.05) is 26.6 Å². The van der Waals surface area contributed by atoms with Crippen LogP contribution in [0.3, 0.4) is 0 Å². The number of alkyl carbamates (subject to hydrolysis) is 1. The summed E-state index contributed by atoms with van der Waals surface area (Å²) < 4.78 is 11.5. The molecule has 2 aliphatic rings. The third-order valence-corrected chi connectivity index (χ3v) is 9.54. The van der Waals surface area contributed by atoms with E-state index < -0.39 is 19.8 Å². The Labute approximate surface area is 183 Å². The molecule has 2 amide bonds. The van der Waals surface area contributed by atoms with Crippen LogP contribution in [-0.4, -0.2) is 62.6 Å². The molecule has 3 atom stereocenters. The molecular weight excluding hydrogens is 400 g/mol. The molecule has 0 aromatic rings. The molecule has 0 bridgehead atoms. The lowest BCUT2D eigenvalue weighted by Gasteiger charge is -2.39. The average molecular weight is 443 g/mol. The van der Waals surface area contributed by atoms with Gasteiger partial charge in [-0.2, -0.15) is 0 Å². The van der Waals surface area contributed by atoms with Crippen LogP contribution in [0.1, 0.15) is 59.8 Å². The predicted molar refractivity (Wildman–Crippen MR) is 120 cm³/mol. The second-order valence-corrected chi connectivity index (χ2v) is 16.8. The molecule has 174 valence electrons. The van der Waals surface area contributed by atoms with Crippen LogP contribution in [0.25, 0.3) is 0 Å². The molecule has 1 saturated heterocycles. The van der Waals surface area contributed by atoms with Crippen molar-refractivity contribution in [3.8, 4) is 0 Å². The fourth-order valence-electron chi connectivity index (χ4n) is 3.58. The fraction of sp³-hybridized carbons (Fsp3) is 0.909. The Morgan fingerprint density at radius 3 is 2.43 bits per heavy atom. The monoisotopic (exact) mass is 442 g/mol. The van der Waals surface area contributed by atoms with Gasteiger partial charge in [-0.05, 0) is 58.4 Å². The number of carbonyl (C=O) groups excluding carboxylic acids is 2. The molecule has 1 saturated carbocycles. The largest absolute Gasteiger partial charge is 0.444 e. The standard InChI is InChI=1S/C22H42N2O5Si/c1-17(30(5,6)7)14-28-24(16-25)19(9-13-23-20(26)29-21(2,3)4)18-8-10-22(11-12-22)27-15-18/h16-19H,8-15H2,1-7H3,(H,23,26)/t17?,18-,19?/m0/s1. The highest BCUT2D eigenvalue weighted by Crippen LogP contribution is 2.48. The first-order valence-electron chi connectivity index (χ1n) is 11.3. The fourth-order valence-corrected chi connectivity index (χ4v) is 4.16. The molecule has 7 nitrogen and oxygen atoms in total. The van der Waals surface area contributed by atoms with Gasteiger partial charge in [0.2, 0.25) is 6.41 Å². The summed E-state index contributed by atoms with van der Waals surface area (Å²) in [6.07, 6.45) is 5.28. The van der Waals surface area contributed by atoms with Crippen LogP contribution in [-0.2, 0) is 19.1 Å². The number of nitrogens with zero attached hydrogens (tertiary/aromatic N) is 1. The summed E-state index contributed by atoms with van der Waals surface area (Å²) in [6.45, 7) is 16.2. The van der Waals surface area contributed by atoms with Gasteiger partial charge in [-0.25, -0.2) is 9.86 Å². The summed E-state index contributed by atoms with van der Waals surface area (Å²) in [6, 6.07) is -0.137. The van der Waals surface area contributed by atoms with Crippen molar-refractivity contribution in [1.82, 2.24) is 10.4 Å². The van der Waals surface area contributed by atoms with Crippen molar-refractivity contribution in [2.24, 2.45) is 5.92 Å². The Morgan fingerprint density at radius 1 is 1.30 bits per heavy atom. The molecule has 2 fully saturated rings. The van der Waals surface area contributed by atoms with Gasteiger partial charge >= 0.3 is 6.09 Å². The highest BCUT2D eigenvalue weighted by atomic mass is 28.3. The lowest BCUT2D eigenvalue weighted by atomic mass is 9.88. The van der Waals surface area contributed by atoms with E-state index in [0.717, 1.165) is 32.1 Å². The Morgan fingerprint density at radius 2 is 1.97 bits per heavy atom. The smallest absolute Gasteiger partial charge is 0.407 e. The minimum atomic E-state index is -1.35. The molecule has 0 aromatic carbocycles. The lowest BCUT2D eigenvalue weighted by Crippen LogP contribution is -2.47. The van der Waals surface area contributed by atoms with E-state index in [9.17, 15) is 9.59 Å². The number of nitrogens with one attached hydrogen (secondary N) is 1. The minimum Gasteiger partial charge on any atom is -0.444 e. The third kappa shape index (κ3) is 7.85. The van der Waals surface area contributed by atoms with E-state index in [0.29, 0.717) is 31.7 Å². The van der Waals surface area contributed by atoms with Crippen molar-refractivity contribution in [1.29, 1.82) is 0 Å². The van der Waals surface area contributed by atoms with Gasteiger partial charge < -0.3 is 14.8 Å². The summed E-state index contributed by atoms with van der Waals surface area (Å²) in [4.78, 5) is 29.9. The molecule has 2 rings (SSSR count). The van der Waals surface area contributed by atoms with Crippen LogP contribution < -0.4 is 5.32 Å². The third-order valence-electron chi connectivity index (χ3n) is 6.42. The molecule has 1 aliphatic carbocycles. The highest BCUT2D eigenvalue weighted by molar-refractivity contribution is 6.77. The van der Waals surface area contributed by atoms with Gasteiger partial charge in [-0.15, -0.1) is 0 Å². The van der Waals surface area contributed by atoms with Gasteiger partial charge in [0, 0.05) is 20.5 Å². The first-order valence-corrected chi connectivity index (χ1v) is 14.9. The van der Waals surface area contributed by atoms with Gasteiger partial charge in [0.15, 0.2) is 0 Å². The molecule has 0 radical (unpaired) electrons. The van der Waals surface area contributed by atoms with Gasteiger partial charge in [0.25, 0.3) is 0 Å². The molecule has 1 spiro atoms. The average Bonchev–Trinajstić information content (AvgIpc) is 3.38. The Balaban J connectivity index is 1.96. The summed E-state index contributed by atoms with van der Waals surface area (Å²) in [5, 5.41) is 4.29. The molecule has 2 unspecified atom stereocenters. The summed E-state index contributed by atoms with van der Waals surface area (Å²) in [5.41, 5.74) is -0.00277. The number of hydroxylamine groups is 2. The molecule has 1 N–H and O–H groups in total. The van der Waals surface area contributed by atoms with Gasteiger partial charge in [0.1, 0.15) is 5.60 Å². The van der Waals surface area contributed by atoms with Crippen molar-refractivity contribution in [2.75, 3.05) is 19.8 Å². The highest BCUT2D eigenvalue weighted by Gasteiger charge is 2.48. The quantitative estimate of drug-likeness (QED) is 0.309. The van der Waals surface area contributed by atoms with Crippen molar-refractivity contribution < 1.29 is 23.9 Å². The first-order chi connectivity index (χ1) is 13.9. The van der Waals surface area contributed by atoms with E-state index in [2.05, 4.69) is 31.9 Å². The van der Waals surface area contributed by atoms with E-state index in [1.807, 2.05) is 20.8 Å². The Kier molecular flexibility index (Phi) is 8.38. The topological polar surface area (TPSA) is 77.1 Å². The predicted octanol–water partition coefficient (Wildman–Crippen LogP) is 4.35. The van der Waals surface area contributed by atoms with Crippen LogP contribution in [0.2, 0.25) is 25.2 Å². The Bertz CT molecular complexity index is 573. The molecule has 1 aliphatic heterocycles. The molecule has 0 aromatic heterocycles. The minimum absolute atomic E-state index is 0.106. The van der Waals surface area contributed by atoms with Gasteiger partial charge in [-0.3, -0.25) is 9.63 Å². The second-order valence-electron chi connectivity index (χ2n) is 11.1. The van der Waals surface area contributed by atoms with E-state index in [1.54, 1.807) is 0 Å². The number of ether oxygens (including phenoxy) is 2. The van der Waals surface area contributed by atoms with Crippen LogP contribution in [0.15, 0.2) is 0 Å². The lowest BCUT2D eigenvalue weighted by molar-refractivity contribution is -0.201. The van der Waals surface area contributed by atoms with E-state index in [-0.39, 0.29) is 17.6 Å². The zero-order valence-electron chi connectivity index (χ0n) is 20.0. The summed E-state index contributed by atoms with van der Waals surface area (Å²) in [7, 11) is -1.35. The van der Waals surface area contributed by atoms with Crippen molar-refractivity contribution in [3.63, 3.8) is 0 Å². The second kappa shape index (κ2) is 10.00. The van der Waals surface area contributed by atoms with Crippen LogP contribution in [0.4, 0.5) is 4.79 Å². The summed E-state index contributed by atoms with van der Waals surface area (Å²) >= 11 is 0. The maximum Gasteiger partial charge on any atom is 0.407 e. The maximum absolute atomic E-state index is 12.0. The molecule has 8 heteroatoms. The molecular formula is C22H42N2O5Si. The SMILES string of the molecule is CC(CON(C=O)C(CCNC(=O)OC(C)(C)C)[C@H]1CCC2(CC2)OC1)[Si](C)(C)C. The normalized spacial score (nSPS) is 22.8. The van der Waals surface area contributed by atoms with E-state index in [1.165, 1.54) is 5.06 Å². The number of carbonyl (C=O) groups is 2. The van der Waals surface area contributed by atoms with Crippen LogP contribution in [0, 0.1) is 5.92 Å². The van der Waals surface area contributed by atoms with Gasteiger partial charge in [0.05, 0.1) is 24.9 Å². The molecule has 1 heterocycles. The maximum atomic E-state index is 12.0.